The third kappa shape index (κ3) is 1.61. The summed E-state index contributed by atoms with van der Waals surface area (Å²) in [7, 11) is 0. The predicted molar refractivity (Wildman–Crippen MR) is 57.4 cm³/mol. The van der Waals surface area contributed by atoms with Gasteiger partial charge < -0.3 is 5.73 Å². The summed E-state index contributed by atoms with van der Waals surface area (Å²) in [4.78, 5) is 4.03. The van der Waals surface area contributed by atoms with Crippen LogP contribution in [0.3, 0.4) is 0 Å². The monoisotopic (exact) mass is 296 g/mol. The molecule has 12 heavy (non-hydrogen) atoms. The Kier molecular flexibility index (Phi) is 2.73. The van der Waals surface area contributed by atoms with Crippen LogP contribution in [0, 0.1) is 3.70 Å². The van der Waals surface area contributed by atoms with E-state index in [1.165, 1.54) is 0 Å². The Morgan fingerprint density at radius 1 is 1.42 bits per heavy atom. The number of imidazole rings is 1. The van der Waals surface area contributed by atoms with Gasteiger partial charge in [-0.25, -0.2) is 9.50 Å². The van der Waals surface area contributed by atoms with E-state index in [1.54, 1.807) is 10.7 Å². The van der Waals surface area contributed by atoms with E-state index >= 15 is 0 Å². The third-order valence-electron chi connectivity index (χ3n) is 1.31. The van der Waals surface area contributed by atoms with Crippen molar-refractivity contribution < 1.29 is 0 Å². The standard InChI is InChI=1S/C6H5IN4.ClH/c7-4-1-2-6-9-5(8)3-11(6)10-4;/h1-3H,8H2;1H. The molecule has 0 aliphatic rings. The Labute approximate surface area is 88.7 Å². The summed E-state index contributed by atoms with van der Waals surface area (Å²) in [6.07, 6.45) is 1.69. The molecule has 4 nitrogen and oxygen atoms in total. The van der Waals surface area contributed by atoms with Gasteiger partial charge in [-0.1, -0.05) is 0 Å². The molecule has 6 heteroatoms. The highest BCUT2D eigenvalue weighted by molar-refractivity contribution is 14.1. The molecule has 0 bridgehead atoms. The van der Waals surface area contributed by atoms with E-state index in [4.69, 9.17) is 5.73 Å². The summed E-state index contributed by atoms with van der Waals surface area (Å²) in [6.45, 7) is 0. The van der Waals surface area contributed by atoms with E-state index in [1.807, 2.05) is 12.1 Å². The number of nitrogen functional groups attached to an aromatic ring is 1. The number of aromatic nitrogens is 3. The molecule has 0 saturated carbocycles. The fourth-order valence-electron chi connectivity index (χ4n) is 0.877. The number of nitrogens with zero attached hydrogens (tertiary/aromatic N) is 3. The number of hydrogen-bond donors (Lipinski definition) is 1. The second-order valence-electron chi connectivity index (χ2n) is 2.12. The van der Waals surface area contributed by atoms with Gasteiger partial charge >= 0.3 is 0 Å². The van der Waals surface area contributed by atoms with Crippen molar-refractivity contribution >= 4 is 46.5 Å². The van der Waals surface area contributed by atoms with Crippen LogP contribution in [0.25, 0.3) is 5.65 Å². The Morgan fingerprint density at radius 2 is 2.17 bits per heavy atom. The van der Waals surface area contributed by atoms with Gasteiger partial charge in [-0.3, -0.25) is 0 Å². The van der Waals surface area contributed by atoms with Crippen molar-refractivity contribution in [2.24, 2.45) is 0 Å². The molecular weight excluding hydrogens is 290 g/mol. The van der Waals surface area contributed by atoms with Crippen LogP contribution >= 0.6 is 35.0 Å². The molecule has 2 N–H and O–H groups in total. The summed E-state index contributed by atoms with van der Waals surface area (Å²) in [5.41, 5.74) is 6.25. The van der Waals surface area contributed by atoms with Crippen molar-refractivity contribution in [3.8, 4) is 0 Å². The van der Waals surface area contributed by atoms with Gasteiger partial charge in [0.2, 0.25) is 0 Å². The number of nitrogens with two attached hydrogens (primary N) is 1. The molecule has 0 saturated heterocycles. The van der Waals surface area contributed by atoms with Crippen molar-refractivity contribution in [1.82, 2.24) is 14.6 Å². The van der Waals surface area contributed by atoms with Gasteiger partial charge in [0, 0.05) is 0 Å². The topological polar surface area (TPSA) is 56.2 Å². The first kappa shape index (κ1) is 9.53. The van der Waals surface area contributed by atoms with Crippen molar-refractivity contribution in [3.63, 3.8) is 0 Å². The summed E-state index contributed by atoms with van der Waals surface area (Å²) < 4.78 is 2.59. The first-order chi connectivity index (χ1) is 5.25. The predicted octanol–water partition coefficient (Wildman–Crippen LogP) is 1.34. The molecule has 0 atom stereocenters. The lowest BCUT2D eigenvalue weighted by molar-refractivity contribution is 0.915. The third-order valence-corrected chi connectivity index (χ3v) is 1.88. The second-order valence-corrected chi connectivity index (χ2v) is 3.23. The summed E-state index contributed by atoms with van der Waals surface area (Å²) in [6, 6.07) is 3.77. The molecule has 0 spiro atoms. The Balaban J connectivity index is 0.000000720. The highest BCUT2D eigenvalue weighted by Gasteiger charge is 1.97. The molecule has 2 heterocycles. The lowest BCUT2D eigenvalue weighted by atomic mass is 10.6. The highest BCUT2D eigenvalue weighted by Crippen LogP contribution is 2.06. The number of halogens is 2. The summed E-state index contributed by atoms with van der Waals surface area (Å²) in [5.74, 6) is 0.500. The summed E-state index contributed by atoms with van der Waals surface area (Å²) >= 11 is 2.14. The zero-order chi connectivity index (χ0) is 7.84. The lowest BCUT2D eigenvalue weighted by Gasteiger charge is -1.90. The highest BCUT2D eigenvalue weighted by atomic mass is 127. The number of hydrogen-bond acceptors (Lipinski definition) is 3. The second kappa shape index (κ2) is 3.44. The van der Waals surface area contributed by atoms with Crippen LogP contribution in [-0.2, 0) is 0 Å². The van der Waals surface area contributed by atoms with E-state index in [2.05, 4.69) is 32.7 Å². The van der Waals surface area contributed by atoms with Crippen molar-refractivity contribution in [1.29, 1.82) is 0 Å². The number of anilines is 1. The van der Waals surface area contributed by atoms with E-state index < -0.39 is 0 Å². The van der Waals surface area contributed by atoms with Gasteiger partial charge in [0.1, 0.15) is 9.52 Å². The van der Waals surface area contributed by atoms with Gasteiger partial charge in [-0.15, -0.1) is 12.4 Å². The van der Waals surface area contributed by atoms with E-state index in [9.17, 15) is 0 Å². The van der Waals surface area contributed by atoms with Gasteiger partial charge in [0.25, 0.3) is 0 Å². The zero-order valence-electron chi connectivity index (χ0n) is 5.94. The van der Waals surface area contributed by atoms with Crippen molar-refractivity contribution in [2.75, 3.05) is 5.73 Å². The smallest absolute Gasteiger partial charge is 0.156 e. The van der Waals surface area contributed by atoms with Gasteiger partial charge in [0.05, 0.1) is 6.20 Å². The normalized spacial score (nSPS) is 9.75. The maximum Gasteiger partial charge on any atom is 0.156 e. The molecule has 2 aromatic rings. The minimum absolute atomic E-state index is 0. The van der Waals surface area contributed by atoms with Crippen LogP contribution in [0.4, 0.5) is 5.82 Å². The van der Waals surface area contributed by atoms with E-state index in [0.29, 0.717) is 5.82 Å². The number of fused-ring (bicyclic) bond motifs is 1. The maximum absolute atomic E-state index is 5.47. The van der Waals surface area contributed by atoms with Crippen LogP contribution in [-0.4, -0.2) is 14.6 Å². The molecule has 2 rings (SSSR count). The quantitative estimate of drug-likeness (QED) is 0.746. The van der Waals surface area contributed by atoms with Crippen LogP contribution < -0.4 is 5.73 Å². The number of rotatable bonds is 0. The Hall–Kier alpha value is -0.560. The molecule has 0 aliphatic carbocycles. The zero-order valence-corrected chi connectivity index (χ0v) is 8.91. The van der Waals surface area contributed by atoms with Crippen LogP contribution in [0.1, 0.15) is 0 Å². The average Bonchev–Trinajstić information content (AvgIpc) is 2.27. The van der Waals surface area contributed by atoms with Gasteiger partial charge in [-0.2, -0.15) is 5.10 Å². The minimum atomic E-state index is 0. The maximum atomic E-state index is 5.47. The fraction of sp³-hybridized carbons (Fsp3) is 0. The molecule has 64 valence electrons. The first-order valence-electron chi connectivity index (χ1n) is 3.03. The van der Waals surface area contributed by atoms with E-state index in [-0.39, 0.29) is 12.4 Å². The van der Waals surface area contributed by atoms with Gasteiger partial charge in [0.15, 0.2) is 5.65 Å². The molecule has 0 unspecified atom stereocenters. The molecule has 0 aromatic carbocycles. The molecule has 0 amide bonds. The van der Waals surface area contributed by atoms with Crippen molar-refractivity contribution in [2.45, 2.75) is 0 Å². The van der Waals surface area contributed by atoms with E-state index in [0.717, 1.165) is 9.35 Å². The molecule has 0 fully saturated rings. The average molecular weight is 296 g/mol. The molecular formula is C6H6ClIN4. The van der Waals surface area contributed by atoms with Gasteiger partial charge in [-0.05, 0) is 34.7 Å². The first-order valence-corrected chi connectivity index (χ1v) is 4.11. The van der Waals surface area contributed by atoms with Crippen molar-refractivity contribution in [3.05, 3.63) is 22.0 Å². The lowest BCUT2D eigenvalue weighted by Crippen LogP contribution is -1.91. The molecule has 0 radical (unpaired) electrons. The SMILES string of the molecule is Cl.Nc1cn2nc(I)ccc2n1. The van der Waals surface area contributed by atoms with Crippen LogP contribution in [0.2, 0.25) is 0 Å². The fourth-order valence-corrected chi connectivity index (χ4v) is 1.29. The minimum Gasteiger partial charge on any atom is -0.382 e. The Bertz CT molecular complexity index is 399. The largest absolute Gasteiger partial charge is 0.382 e. The summed E-state index contributed by atoms with van der Waals surface area (Å²) in [5, 5.41) is 4.16. The van der Waals surface area contributed by atoms with Crippen LogP contribution in [0.15, 0.2) is 18.3 Å². The molecule has 0 aliphatic heterocycles. The molecule has 2 aromatic heterocycles. The van der Waals surface area contributed by atoms with Crippen LogP contribution in [0.5, 0.6) is 0 Å². The Morgan fingerprint density at radius 3 is 2.92 bits per heavy atom.